The molecule has 0 heterocycles. The molecule has 0 spiro atoms. The van der Waals surface area contributed by atoms with Crippen LogP contribution in [-0.4, -0.2) is 22.0 Å². The van der Waals surface area contributed by atoms with Gasteiger partial charge in [0.05, 0.1) is 0 Å². The van der Waals surface area contributed by atoms with Gasteiger partial charge in [-0.25, -0.2) is 4.79 Å². The average Bonchev–Trinajstić information content (AvgIpc) is 2.09. The second kappa shape index (κ2) is 3.71. The maximum Gasteiger partial charge on any atom is 0.358 e. The second-order valence-corrected chi connectivity index (χ2v) is 2.62. The summed E-state index contributed by atoms with van der Waals surface area (Å²) in [6, 6.07) is 6.70. The molecule has 0 atom stereocenters. The molecule has 4 nitrogen and oxygen atoms in total. The molecule has 1 aromatic carbocycles. The van der Waals surface area contributed by atoms with Crippen molar-refractivity contribution < 1.29 is 15.1 Å². The fourth-order valence-corrected chi connectivity index (χ4v) is 0.935. The van der Waals surface area contributed by atoms with Crippen LogP contribution < -0.4 is 0 Å². The van der Waals surface area contributed by atoms with E-state index in [1.54, 1.807) is 24.3 Å². The van der Waals surface area contributed by atoms with Crippen LogP contribution in [0.3, 0.4) is 0 Å². The predicted octanol–water partition coefficient (Wildman–Crippen LogP) is 1.26. The Morgan fingerprint density at radius 3 is 2.23 bits per heavy atom. The van der Waals surface area contributed by atoms with E-state index in [0.717, 1.165) is 5.56 Å². The van der Waals surface area contributed by atoms with Gasteiger partial charge in [-0.2, -0.15) is 0 Å². The number of hydrogen-bond acceptors (Lipinski definition) is 3. The summed E-state index contributed by atoms with van der Waals surface area (Å²) in [5.41, 5.74) is 1.06. The molecule has 0 saturated heterocycles. The first-order valence-corrected chi connectivity index (χ1v) is 3.67. The van der Waals surface area contributed by atoms with Gasteiger partial charge < -0.3 is 10.3 Å². The van der Waals surface area contributed by atoms with Crippen LogP contribution in [0.5, 0.6) is 0 Å². The molecule has 0 aliphatic carbocycles. The second-order valence-electron chi connectivity index (χ2n) is 2.62. The molecular weight excluding hydrogens is 170 g/mol. The quantitative estimate of drug-likeness (QED) is 0.408. The fraction of sp³-hybridized carbons (Fsp3) is 0.111. The van der Waals surface area contributed by atoms with E-state index >= 15 is 0 Å². The Balaban J connectivity index is 3.07. The first kappa shape index (κ1) is 9.25. The summed E-state index contributed by atoms with van der Waals surface area (Å²) >= 11 is 0. The van der Waals surface area contributed by atoms with E-state index in [1.165, 1.54) is 0 Å². The Kier molecular flexibility index (Phi) is 2.64. The van der Waals surface area contributed by atoms with Crippen molar-refractivity contribution in [2.75, 3.05) is 0 Å². The van der Waals surface area contributed by atoms with Gasteiger partial charge in [0, 0.05) is 5.56 Å². The zero-order valence-corrected chi connectivity index (χ0v) is 7.06. The number of aryl methyl sites for hydroxylation is 1. The summed E-state index contributed by atoms with van der Waals surface area (Å²) in [5.74, 6) is -1.24. The SMILES string of the molecule is Cc1ccc(/C(=N/O)C(=O)O)cc1. The van der Waals surface area contributed by atoms with Crippen molar-refractivity contribution in [3.63, 3.8) is 0 Å². The first-order valence-electron chi connectivity index (χ1n) is 3.67. The molecule has 0 radical (unpaired) electrons. The molecule has 1 aromatic rings. The summed E-state index contributed by atoms with van der Waals surface area (Å²) < 4.78 is 0. The molecule has 0 aliphatic heterocycles. The number of benzene rings is 1. The predicted molar refractivity (Wildman–Crippen MR) is 47.1 cm³/mol. The Morgan fingerprint density at radius 2 is 1.85 bits per heavy atom. The fourth-order valence-electron chi connectivity index (χ4n) is 0.935. The minimum Gasteiger partial charge on any atom is -0.476 e. The Morgan fingerprint density at radius 1 is 1.31 bits per heavy atom. The van der Waals surface area contributed by atoms with Crippen LogP contribution in [0, 0.1) is 6.92 Å². The van der Waals surface area contributed by atoms with Crippen LogP contribution in [0.1, 0.15) is 11.1 Å². The van der Waals surface area contributed by atoms with E-state index in [-0.39, 0.29) is 5.71 Å². The third kappa shape index (κ3) is 2.05. The van der Waals surface area contributed by atoms with Crippen LogP contribution >= 0.6 is 0 Å². The topological polar surface area (TPSA) is 69.9 Å². The number of carboxylic acid groups (broad SMARTS) is 1. The molecule has 0 bridgehead atoms. The average molecular weight is 179 g/mol. The van der Waals surface area contributed by atoms with Crippen molar-refractivity contribution in [1.82, 2.24) is 0 Å². The molecule has 4 heteroatoms. The molecule has 2 N–H and O–H groups in total. The summed E-state index contributed by atoms with van der Waals surface area (Å²) in [5, 5.41) is 19.7. The summed E-state index contributed by atoms with van der Waals surface area (Å²) in [4.78, 5) is 10.5. The number of aliphatic carboxylic acids is 1. The number of rotatable bonds is 2. The Bertz CT molecular complexity index is 340. The van der Waals surface area contributed by atoms with Gasteiger partial charge in [-0.1, -0.05) is 35.0 Å². The lowest BCUT2D eigenvalue weighted by Crippen LogP contribution is -2.14. The van der Waals surface area contributed by atoms with E-state index in [2.05, 4.69) is 5.16 Å². The maximum absolute atomic E-state index is 10.5. The summed E-state index contributed by atoms with van der Waals surface area (Å²) in [7, 11) is 0. The highest BCUT2D eigenvalue weighted by Gasteiger charge is 2.11. The molecular formula is C9H9NO3. The van der Waals surface area contributed by atoms with E-state index in [1.807, 2.05) is 6.92 Å². The molecule has 13 heavy (non-hydrogen) atoms. The number of carboxylic acids is 1. The maximum atomic E-state index is 10.5. The molecule has 0 fully saturated rings. The molecule has 0 amide bonds. The Labute approximate surface area is 75.1 Å². The lowest BCUT2D eigenvalue weighted by Gasteiger charge is -1.98. The van der Waals surface area contributed by atoms with Gasteiger partial charge in [0.15, 0.2) is 5.71 Å². The van der Waals surface area contributed by atoms with Crippen LogP contribution in [-0.2, 0) is 4.79 Å². The van der Waals surface area contributed by atoms with Gasteiger partial charge in [0.25, 0.3) is 0 Å². The molecule has 0 aromatic heterocycles. The molecule has 0 aliphatic rings. The number of hydrogen-bond donors (Lipinski definition) is 2. The van der Waals surface area contributed by atoms with Gasteiger partial charge in [-0.15, -0.1) is 0 Å². The van der Waals surface area contributed by atoms with Crippen LogP contribution in [0.15, 0.2) is 29.4 Å². The van der Waals surface area contributed by atoms with Crippen LogP contribution in [0.2, 0.25) is 0 Å². The van der Waals surface area contributed by atoms with Crippen LogP contribution in [0.4, 0.5) is 0 Å². The molecule has 1 rings (SSSR count). The highest BCUT2D eigenvalue weighted by molar-refractivity contribution is 6.42. The van der Waals surface area contributed by atoms with E-state index in [9.17, 15) is 4.79 Å². The van der Waals surface area contributed by atoms with Gasteiger partial charge >= 0.3 is 5.97 Å². The van der Waals surface area contributed by atoms with E-state index in [4.69, 9.17) is 10.3 Å². The summed E-state index contributed by atoms with van der Waals surface area (Å²) in [6.07, 6.45) is 0. The molecule has 0 saturated carbocycles. The van der Waals surface area contributed by atoms with Crippen molar-refractivity contribution in [3.05, 3.63) is 35.4 Å². The lowest BCUT2D eigenvalue weighted by molar-refractivity contribution is -0.129. The highest BCUT2D eigenvalue weighted by atomic mass is 16.4. The lowest BCUT2D eigenvalue weighted by atomic mass is 10.1. The molecule has 0 unspecified atom stereocenters. The molecule has 68 valence electrons. The third-order valence-corrected chi connectivity index (χ3v) is 1.63. The third-order valence-electron chi connectivity index (χ3n) is 1.63. The number of nitrogens with zero attached hydrogens (tertiary/aromatic N) is 1. The van der Waals surface area contributed by atoms with Gasteiger partial charge in [0.1, 0.15) is 0 Å². The van der Waals surface area contributed by atoms with Crippen molar-refractivity contribution in [2.45, 2.75) is 6.92 Å². The zero-order chi connectivity index (χ0) is 9.84. The standard InChI is InChI=1S/C9H9NO3/c1-6-2-4-7(5-3-6)8(10-13)9(11)12/h2-5,13H,1H3,(H,11,12)/b10-8-. The largest absolute Gasteiger partial charge is 0.476 e. The van der Waals surface area contributed by atoms with Gasteiger partial charge in [-0.05, 0) is 6.92 Å². The normalized spacial score (nSPS) is 11.3. The first-order chi connectivity index (χ1) is 6.15. The smallest absolute Gasteiger partial charge is 0.358 e. The monoisotopic (exact) mass is 179 g/mol. The van der Waals surface area contributed by atoms with Crippen molar-refractivity contribution >= 4 is 11.7 Å². The zero-order valence-electron chi connectivity index (χ0n) is 7.06. The number of carbonyl (C=O) groups is 1. The van der Waals surface area contributed by atoms with Crippen molar-refractivity contribution in [1.29, 1.82) is 0 Å². The number of oxime groups is 1. The summed E-state index contributed by atoms with van der Waals surface area (Å²) in [6.45, 7) is 1.89. The van der Waals surface area contributed by atoms with Gasteiger partial charge in [0.2, 0.25) is 0 Å². The minimum atomic E-state index is -1.24. The van der Waals surface area contributed by atoms with Crippen molar-refractivity contribution in [2.24, 2.45) is 5.16 Å². The van der Waals surface area contributed by atoms with Crippen molar-refractivity contribution in [3.8, 4) is 0 Å². The van der Waals surface area contributed by atoms with Crippen LogP contribution in [0.25, 0.3) is 0 Å². The van der Waals surface area contributed by atoms with E-state index in [0.29, 0.717) is 5.56 Å². The Hall–Kier alpha value is -1.84. The van der Waals surface area contributed by atoms with E-state index < -0.39 is 5.97 Å². The minimum absolute atomic E-state index is 0.347. The highest BCUT2D eigenvalue weighted by Crippen LogP contribution is 2.04. The van der Waals surface area contributed by atoms with Gasteiger partial charge in [-0.3, -0.25) is 0 Å².